The molecule has 0 atom stereocenters. The fraction of sp³-hybridized carbons (Fsp3) is 0.231. The van der Waals surface area contributed by atoms with Crippen LogP contribution >= 0.6 is 0 Å². The van der Waals surface area contributed by atoms with Crippen LogP contribution in [0, 0.1) is 21.4 Å². The zero-order chi connectivity index (χ0) is 16.2. The molecule has 0 saturated heterocycles. The molecule has 1 amide bonds. The van der Waals surface area contributed by atoms with E-state index in [1.807, 2.05) is 0 Å². The second-order valence-corrected chi connectivity index (χ2v) is 4.22. The molecule has 1 aromatic carbocycles. The van der Waals surface area contributed by atoms with Crippen molar-refractivity contribution in [1.29, 1.82) is 5.26 Å². The molecular weight excluding hydrogens is 278 g/mol. The van der Waals surface area contributed by atoms with Gasteiger partial charge >= 0.3 is 5.69 Å². The average molecular weight is 291 g/mol. The van der Waals surface area contributed by atoms with Gasteiger partial charge in [0.15, 0.2) is 5.75 Å². The van der Waals surface area contributed by atoms with Crippen molar-refractivity contribution >= 4 is 17.7 Å². The van der Waals surface area contributed by atoms with Crippen molar-refractivity contribution in [1.82, 2.24) is 4.90 Å². The number of nitro groups is 1. The van der Waals surface area contributed by atoms with Gasteiger partial charge in [0.25, 0.3) is 5.91 Å². The van der Waals surface area contributed by atoms with E-state index in [9.17, 15) is 20.0 Å². The molecule has 0 unspecified atom stereocenters. The van der Waals surface area contributed by atoms with E-state index in [1.54, 1.807) is 6.07 Å². The molecule has 0 aliphatic carbocycles. The lowest BCUT2D eigenvalue weighted by atomic mass is 10.1. The first-order valence-electron chi connectivity index (χ1n) is 5.70. The van der Waals surface area contributed by atoms with Crippen molar-refractivity contribution < 1.29 is 19.6 Å². The fourth-order valence-corrected chi connectivity index (χ4v) is 1.54. The molecule has 21 heavy (non-hydrogen) atoms. The van der Waals surface area contributed by atoms with Gasteiger partial charge in [0.2, 0.25) is 5.75 Å². The van der Waals surface area contributed by atoms with Crippen LogP contribution in [-0.4, -0.2) is 42.0 Å². The second-order valence-electron chi connectivity index (χ2n) is 4.22. The van der Waals surface area contributed by atoms with E-state index in [1.165, 1.54) is 38.2 Å². The minimum Gasteiger partial charge on any atom is -0.500 e. The Morgan fingerprint density at radius 3 is 2.57 bits per heavy atom. The Hall–Kier alpha value is -3.08. The molecular formula is C13H13N3O5. The summed E-state index contributed by atoms with van der Waals surface area (Å²) in [5.41, 5.74) is -0.569. The van der Waals surface area contributed by atoms with E-state index in [4.69, 9.17) is 10.00 Å². The minimum absolute atomic E-state index is 0.120. The summed E-state index contributed by atoms with van der Waals surface area (Å²) in [6, 6.07) is 4.08. The molecule has 110 valence electrons. The summed E-state index contributed by atoms with van der Waals surface area (Å²) in [5.74, 6) is -1.27. The molecule has 1 aromatic rings. The Labute approximate surface area is 120 Å². The second kappa shape index (κ2) is 6.38. The predicted molar refractivity (Wildman–Crippen MR) is 73.6 cm³/mol. The number of aromatic hydroxyl groups is 1. The Kier molecular flexibility index (Phi) is 4.86. The van der Waals surface area contributed by atoms with Crippen LogP contribution in [0.4, 0.5) is 5.69 Å². The van der Waals surface area contributed by atoms with Crippen LogP contribution in [0.25, 0.3) is 6.08 Å². The van der Waals surface area contributed by atoms with Gasteiger partial charge < -0.3 is 14.7 Å². The quantitative estimate of drug-likeness (QED) is 0.387. The lowest BCUT2D eigenvalue weighted by Gasteiger charge is -2.09. The maximum absolute atomic E-state index is 11.7. The van der Waals surface area contributed by atoms with Gasteiger partial charge in [0.05, 0.1) is 12.0 Å². The van der Waals surface area contributed by atoms with Crippen molar-refractivity contribution in [3.05, 3.63) is 33.4 Å². The van der Waals surface area contributed by atoms with Gasteiger partial charge in [-0.15, -0.1) is 0 Å². The minimum atomic E-state index is -0.783. The number of nitriles is 1. The largest absolute Gasteiger partial charge is 0.500 e. The molecule has 0 bridgehead atoms. The number of likely N-dealkylation sites (N-methyl/N-ethyl adjacent to an activating group) is 1. The highest BCUT2D eigenvalue weighted by Crippen LogP contribution is 2.37. The lowest BCUT2D eigenvalue weighted by molar-refractivity contribution is -0.386. The number of rotatable bonds is 4. The molecule has 0 saturated carbocycles. The SMILES string of the molecule is COc1cc(C=C(C#N)C(=O)N(C)C)cc([N+](=O)[O-])c1O. The first-order chi connectivity index (χ1) is 9.81. The highest BCUT2D eigenvalue weighted by Gasteiger charge is 2.20. The number of phenolic OH excluding ortho intramolecular Hbond substituents is 1. The van der Waals surface area contributed by atoms with E-state index in [0.717, 1.165) is 6.07 Å². The third-order valence-electron chi connectivity index (χ3n) is 2.56. The van der Waals surface area contributed by atoms with Crippen LogP contribution in [0.1, 0.15) is 5.56 Å². The molecule has 0 radical (unpaired) electrons. The van der Waals surface area contributed by atoms with Crippen LogP contribution in [-0.2, 0) is 4.79 Å². The Morgan fingerprint density at radius 1 is 1.52 bits per heavy atom. The molecule has 0 aromatic heterocycles. The monoisotopic (exact) mass is 291 g/mol. The van der Waals surface area contributed by atoms with Gasteiger partial charge in [-0.25, -0.2) is 0 Å². The number of nitro benzene ring substituents is 1. The van der Waals surface area contributed by atoms with Crippen LogP contribution in [0.15, 0.2) is 17.7 Å². The van der Waals surface area contributed by atoms with Crippen molar-refractivity contribution in [2.24, 2.45) is 0 Å². The van der Waals surface area contributed by atoms with Crippen LogP contribution in [0.5, 0.6) is 11.5 Å². The van der Waals surface area contributed by atoms with Gasteiger partial charge in [-0.2, -0.15) is 5.26 Å². The number of amides is 1. The highest BCUT2D eigenvalue weighted by atomic mass is 16.6. The van der Waals surface area contributed by atoms with Crippen LogP contribution in [0.2, 0.25) is 0 Å². The molecule has 1 N–H and O–H groups in total. The number of phenols is 1. The number of benzene rings is 1. The summed E-state index contributed by atoms with van der Waals surface area (Å²) in [6.45, 7) is 0. The Balaban J connectivity index is 3.44. The third kappa shape index (κ3) is 3.48. The van der Waals surface area contributed by atoms with Crippen LogP contribution in [0.3, 0.4) is 0 Å². The number of carbonyl (C=O) groups is 1. The maximum Gasteiger partial charge on any atom is 0.315 e. The number of carbonyl (C=O) groups excluding carboxylic acids is 1. The molecule has 8 nitrogen and oxygen atoms in total. The average Bonchev–Trinajstić information content (AvgIpc) is 2.44. The highest BCUT2D eigenvalue weighted by molar-refractivity contribution is 6.01. The van der Waals surface area contributed by atoms with Crippen molar-refractivity contribution in [3.63, 3.8) is 0 Å². The van der Waals surface area contributed by atoms with E-state index in [2.05, 4.69) is 0 Å². The smallest absolute Gasteiger partial charge is 0.315 e. The molecule has 8 heteroatoms. The summed E-state index contributed by atoms with van der Waals surface area (Å²) < 4.78 is 4.84. The molecule has 0 heterocycles. The molecule has 1 rings (SSSR count). The van der Waals surface area contributed by atoms with Crippen molar-refractivity contribution in [3.8, 4) is 17.6 Å². The Bertz CT molecular complexity index is 659. The summed E-state index contributed by atoms with van der Waals surface area (Å²) >= 11 is 0. The standard InChI is InChI=1S/C13H13N3O5/c1-15(2)13(18)9(7-14)4-8-5-10(16(19)20)12(17)11(6-8)21-3/h4-6,17H,1-3H3. The van der Waals surface area contributed by atoms with Gasteiger partial charge in [0, 0.05) is 20.2 Å². The van der Waals surface area contributed by atoms with Crippen LogP contribution < -0.4 is 4.74 Å². The zero-order valence-electron chi connectivity index (χ0n) is 11.7. The van der Waals surface area contributed by atoms with Crippen molar-refractivity contribution in [2.75, 3.05) is 21.2 Å². The lowest BCUT2D eigenvalue weighted by Crippen LogP contribution is -2.22. The van der Waals surface area contributed by atoms with E-state index in [-0.39, 0.29) is 16.9 Å². The third-order valence-corrected chi connectivity index (χ3v) is 2.56. The topological polar surface area (TPSA) is 117 Å². The predicted octanol–water partition coefficient (Wildman–Crippen LogP) is 1.30. The zero-order valence-corrected chi connectivity index (χ0v) is 11.7. The Morgan fingerprint density at radius 2 is 2.14 bits per heavy atom. The molecule has 0 fully saturated rings. The molecule has 0 aliphatic heterocycles. The number of hydrogen-bond acceptors (Lipinski definition) is 6. The first-order valence-corrected chi connectivity index (χ1v) is 5.70. The van der Waals surface area contributed by atoms with Gasteiger partial charge in [-0.3, -0.25) is 14.9 Å². The summed E-state index contributed by atoms with van der Waals surface area (Å²) in [4.78, 5) is 23.0. The molecule has 0 aliphatic rings. The summed E-state index contributed by atoms with van der Waals surface area (Å²) in [5, 5.41) is 29.5. The summed E-state index contributed by atoms with van der Waals surface area (Å²) in [7, 11) is 4.20. The summed E-state index contributed by atoms with van der Waals surface area (Å²) in [6.07, 6.45) is 1.19. The first kappa shape index (κ1) is 16.0. The fourth-order valence-electron chi connectivity index (χ4n) is 1.54. The van der Waals surface area contributed by atoms with Gasteiger partial charge in [-0.1, -0.05) is 0 Å². The normalized spacial score (nSPS) is 10.7. The number of methoxy groups -OCH3 is 1. The number of ether oxygens (including phenoxy) is 1. The number of nitrogens with zero attached hydrogens (tertiary/aromatic N) is 3. The van der Waals surface area contributed by atoms with Gasteiger partial charge in [0.1, 0.15) is 11.6 Å². The van der Waals surface area contributed by atoms with Gasteiger partial charge in [-0.05, 0) is 17.7 Å². The van der Waals surface area contributed by atoms with Crippen molar-refractivity contribution in [2.45, 2.75) is 0 Å². The number of hydrogen-bond donors (Lipinski definition) is 1. The van der Waals surface area contributed by atoms with E-state index < -0.39 is 22.3 Å². The maximum atomic E-state index is 11.7. The van der Waals surface area contributed by atoms with E-state index in [0.29, 0.717) is 0 Å². The molecule has 0 spiro atoms. The van der Waals surface area contributed by atoms with E-state index >= 15 is 0 Å².